The van der Waals surface area contributed by atoms with Gasteiger partial charge in [-0.3, -0.25) is 9.59 Å². The van der Waals surface area contributed by atoms with Gasteiger partial charge in [0.2, 0.25) is 11.8 Å². The van der Waals surface area contributed by atoms with Crippen molar-refractivity contribution in [3.63, 3.8) is 0 Å². The number of carbonyl (C=O) groups excluding carboxylic acids is 2. The number of nitrogens with one attached hydrogen (secondary N) is 1. The molecule has 160 valence electrons. The van der Waals surface area contributed by atoms with E-state index >= 15 is 0 Å². The van der Waals surface area contributed by atoms with Crippen LogP contribution in [-0.2, 0) is 22.6 Å². The van der Waals surface area contributed by atoms with Crippen molar-refractivity contribution >= 4 is 23.4 Å². The van der Waals surface area contributed by atoms with Crippen LogP contribution in [0.5, 0.6) is 0 Å². The van der Waals surface area contributed by atoms with Gasteiger partial charge in [-0.05, 0) is 55.2 Å². The van der Waals surface area contributed by atoms with Crippen molar-refractivity contribution in [2.24, 2.45) is 0 Å². The highest BCUT2D eigenvalue weighted by molar-refractivity contribution is 6.30. The van der Waals surface area contributed by atoms with E-state index in [1.807, 2.05) is 12.1 Å². The van der Waals surface area contributed by atoms with Crippen LogP contribution in [0.3, 0.4) is 0 Å². The van der Waals surface area contributed by atoms with Gasteiger partial charge in [0.15, 0.2) is 0 Å². The molecule has 0 heterocycles. The molecule has 0 unspecified atom stereocenters. The summed E-state index contributed by atoms with van der Waals surface area (Å²) in [6.07, 6.45) is 5.51. The Labute approximate surface area is 182 Å². The lowest BCUT2D eigenvalue weighted by Crippen LogP contribution is -2.50. The second-order valence-electron chi connectivity index (χ2n) is 7.97. The summed E-state index contributed by atoms with van der Waals surface area (Å²) in [4.78, 5) is 27.7. The van der Waals surface area contributed by atoms with E-state index in [1.54, 1.807) is 36.1 Å². The molecule has 2 aromatic carbocycles. The van der Waals surface area contributed by atoms with Gasteiger partial charge in [0.25, 0.3) is 0 Å². The van der Waals surface area contributed by atoms with Gasteiger partial charge in [0.05, 0.1) is 6.42 Å². The molecule has 1 aliphatic carbocycles. The van der Waals surface area contributed by atoms with Gasteiger partial charge in [0, 0.05) is 17.6 Å². The number of rotatable bonds is 7. The summed E-state index contributed by atoms with van der Waals surface area (Å²) < 4.78 is 13.2. The molecule has 1 fully saturated rings. The van der Waals surface area contributed by atoms with Crippen LogP contribution in [-0.4, -0.2) is 28.8 Å². The third kappa shape index (κ3) is 6.30. The number of halogens is 2. The summed E-state index contributed by atoms with van der Waals surface area (Å²) >= 11 is 6.11. The molecule has 1 N–H and O–H groups in total. The van der Waals surface area contributed by atoms with Crippen LogP contribution in [0.1, 0.15) is 50.2 Å². The van der Waals surface area contributed by atoms with Crippen molar-refractivity contribution in [1.29, 1.82) is 0 Å². The topological polar surface area (TPSA) is 49.4 Å². The molecule has 0 bridgehead atoms. The molecule has 2 amide bonds. The van der Waals surface area contributed by atoms with Crippen molar-refractivity contribution < 1.29 is 14.0 Å². The Bertz CT molecular complexity index is 866. The Hall–Kier alpha value is -2.40. The van der Waals surface area contributed by atoms with E-state index in [4.69, 9.17) is 11.6 Å². The maximum atomic E-state index is 13.2. The molecule has 3 rings (SSSR count). The van der Waals surface area contributed by atoms with E-state index in [0.717, 1.165) is 31.2 Å². The summed E-state index contributed by atoms with van der Waals surface area (Å²) in [5.74, 6) is -0.675. The van der Waals surface area contributed by atoms with Crippen LogP contribution < -0.4 is 5.32 Å². The van der Waals surface area contributed by atoms with Crippen LogP contribution in [0.15, 0.2) is 48.5 Å². The van der Waals surface area contributed by atoms with Crippen molar-refractivity contribution in [2.75, 3.05) is 0 Å². The third-order valence-corrected chi connectivity index (χ3v) is 5.86. The van der Waals surface area contributed by atoms with Crippen LogP contribution in [0.4, 0.5) is 4.39 Å². The van der Waals surface area contributed by atoms with Gasteiger partial charge < -0.3 is 10.2 Å². The average Bonchev–Trinajstić information content (AvgIpc) is 2.74. The van der Waals surface area contributed by atoms with E-state index in [-0.39, 0.29) is 36.6 Å². The predicted molar refractivity (Wildman–Crippen MR) is 117 cm³/mol. The lowest BCUT2D eigenvalue weighted by molar-refractivity contribution is -0.140. The van der Waals surface area contributed by atoms with E-state index in [9.17, 15) is 14.0 Å². The van der Waals surface area contributed by atoms with Crippen LogP contribution in [0, 0.1) is 5.82 Å². The fourth-order valence-corrected chi connectivity index (χ4v) is 4.07. The van der Waals surface area contributed by atoms with Crippen molar-refractivity contribution in [3.8, 4) is 0 Å². The van der Waals surface area contributed by atoms with Gasteiger partial charge in [-0.2, -0.15) is 0 Å². The van der Waals surface area contributed by atoms with Crippen molar-refractivity contribution in [2.45, 2.75) is 64.1 Å². The first-order chi connectivity index (χ1) is 14.4. The van der Waals surface area contributed by atoms with Gasteiger partial charge in [-0.25, -0.2) is 4.39 Å². The molecule has 4 nitrogen and oxygen atoms in total. The summed E-state index contributed by atoms with van der Waals surface area (Å²) in [7, 11) is 0. The minimum atomic E-state index is -0.626. The van der Waals surface area contributed by atoms with Crippen molar-refractivity contribution in [3.05, 3.63) is 70.5 Å². The van der Waals surface area contributed by atoms with Gasteiger partial charge in [0.1, 0.15) is 11.9 Å². The lowest BCUT2D eigenvalue weighted by Gasteiger charge is -2.31. The van der Waals surface area contributed by atoms with Crippen LogP contribution in [0.25, 0.3) is 0 Å². The first-order valence-electron chi connectivity index (χ1n) is 10.5. The predicted octanol–water partition coefficient (Wildman–Crippen LogP) is 4.89. The van der Waals surface area contributed by atoms with E-state index < -0.39 is 6.04 Å². The molecular weight excluding hydrogens is 403 g/mol. The van der Waals surface area contributed by atoms with Crippen LogP contribution in [0.2, 0.25) is 5.02 Å². The minimum Gasteiger partial charge on any atom is -0.352 e. The zero-order chi connectivity index (χ0) is 21.5. The van der Waals surface area contributed by atoms with Crippen LogP contribution >= 0.6 is 11.6 Å². The molecule has 0 saturated heterocycles. The second-order valence-corrected chi connectivity index (χ2v) is 8.41. The summed E-state index contributed by atoms with van der Waals surface area (Å²) in [6.45, 7) is 2.03. The molecule has 0 aromatic heterocycles. The van der Waals surface area contributed by atoms with E-state index in [1.165, 1.54) is 18.6 Å². The Morgan fingerprint density at radius 2 is 1.80 bits per heavy atom. The first kappa shape index (κ1) is 22.3. The number of carbonyl (C=O) groups is 2. The molecule has 6 heteroatoms. The fourth-order valence-electron chi connectivity index (χ4n) is 3.86. The highest BCUT2D eigenvalue weighted by atomic mass is 35.5. The SMILES string of the molecule is C[C@@H](C(=O)NC1CCCCC1)N(Cc1cccc(Cl)c1)C(=O)Cc1ccc(F)cc1. The second kappa shape index (κ2) is 10.6. The monoisotopic (exact) mass is 430 g/mol. The molecule has 1 saturated carbocycles. The van der Waals surface area contributed by atoms with E-state index in [0.29, 0.717) is 10.6 Å². The van der Waals surface area contributed by atoms with Gasteiger partial charge >= 0.3 is 0 Å². The largest absolute Gasteiger partial charge is 0.352 e. The lowest BCUT2D eigenvalue weighted by atomic mass is 9.95. The van der Waals surface area contributed by atoms with Gasteiger partial charge in [-0.15, -0.1) is 0 Å². The fraction of sp³-hybridized carbons (Fsp3) is 0.417. The Balaban J connectivity index is 1.75. The first-order valence-corrected chi connectivity index (χ1v) is 10.9. The Kier molecular flexibility index (Phi) is 7.86. The number of amides is 2. The Morgan fingerprint density at radius 3 is 2.47 bits per heavy atom. The maximum absolute atomic E-state index is 13.2. The Morgan fingerprint density at radius 1 is 1.10 bits per heavy atom. The van der Waals surface area contributed by atoms with E-state index in [2.05, 4.69) is 5.32 Å². The molecule has 1 atom stereocenters. The minimum absolute atomic E-state index is 0.0991. The smallest absolute Gasteiger partial charge is 0.242 e. The molecule has 30 heavy (non-hydrogen) atoms. The molecular formula is C24H28ClFN2O2. The molecule has 0 aliphatic heterocycles. The average molecular weight is 431 g/mol. The quantitative estimate of drug-likeness (QED) is 0.680. The van der Waals surface area contributed by atoms with Crippen molar-refractivity contribution in [1.82, 2.24) is 10.2 Å². The summed E-state index contributed by atoms with van der Waals surface area (Å²) in [6, 6.07) is 12.7. The number of benzene rings is 2. The standard InChI is InChI=1S/C24H28ClFN2O2/c1-17(24(30)27-22-8-3-2-4-9-22)28(16-19-6-5-7-20(25)14-19)23(29)15-18-10-12-21(26)13-11-18/h5-7,10-14,17,22H,2-4,8-9,15-16H2,1H3,(H,27,30)/t17-/m0/s1. The summed E-state index contributed by atoms with van der Waals surface area (Å²) in [5.41, 5.74) is 1.56. The number of nitrogens with zero attached hydrogens (tertiary/aromatic N) is 1. The highest BCUT2D eigenvalue weighted by Gasteiger charge is 2.28. The molecule has 2 aromatic rings. The molecule has 0 spiro atoms. The van der Waals surface area contributed by atoms with Gasteiger partial charge in [-0.1, -0.05) is 55.1 Å². The third-order valence-electron chi connectivity index (χ3n) is 5.63. The summed E-state index contributed by atoms with van der Waals surface area (Å²) in [5, 5.41) is 3.70. The zero-order valence-corrected chi connectivity index (χ0v) is 18.0. The number of hydrogen-bond acceptors (Lipinski definition) is 2. The maximum Gasteiger partial charge on any atom is 0.242 e. The highest BCUT2D eigenvalue weighted by Crippen LogP contribution is 2.19. The zero-order valence-electron chi connectivity index (χ0n) is 17.2. The molecule has 0 radical (unpaired) electrons. The molecule has 1 aliphatic rings. The number of hydrogen-bond donors (Lipinski definition) is 1. The normalized spacial score (nSPS) is 15.4.